The maximum Gasteiger partial charge on any atom is 0.356 e. The Labute approximate surface area is 117 Å². The molecule has 0 unspecified atom stereocenters. The minimum Gasteiger partial charge on any atom is -0.464 e. The van der Waals surface area contributed by atoms with Crippen LogP contribution in [0.15, 0.2) is 18.2 Å². The van der Waals surface area contributed by atoms with Gasteiger partial charge in [0.1, 0.15) is 11.4 Å². The molecule has 2 atom stereocenters. The van der Waals surface area contributed by atoms with Gasteiger partial charge in [0.2, 0.25) is 0 Å². The summed E-state index contributed by atoms with van der Waals surface area (Å²) >= 11 is 0. The van der Waals surface area contributed by atoms with Crippen LogP contribution >= 0.6 is 0 Å². The fourth-order valence-electron chi connectivity index (χ4n) is 2.15. The third-order valence-electron chi connectivity index (χ3n) is 3.26. The van der Waals surface area contributed by atoms with Crippen molar-refractivity contribution in [3.63, 3.8) is 0 Å². The normalized spacial score (nSPS) is 19.4. The molecule has 0 aliphatic carbocycles. The van der Waals surface area contributed by atoms with Crippen LogP contribution in [0.5, 0.6) is 0 Å². The molecule has 0 bridgehead atoms. The van der Waals surface area contributed by atoms with Gasteiger partial charge in [0.15, 0.2) is 0 Å². The molecular weight excluding hydrogens is 260 g/mol. The van der Waals surface area contributed by atoms with Crippen molar-refractivity contribution in [2.24, 2.45) is 0 Å². The molecule has 1 aliphatic heterocycles. The third-order valence-corrected chi connectivity index (χ3v) is 3.26. The van der Waals surface area contributed by atoms with Crippen LogP contribution in [0.3, 0.4) is 0 Å². The number of ether oxygens (including phenoxy) is 2. The molecule has 6 nitrogen and oxygen atoms in total. The molecule has 1 aromatic heterocycles. The highest BCUT2D eigenvalue weighted by molar-refractivity contribution is 5.94. The molecule has 2 heterocycles. The number of esters is 1. The van der Waals surface area contributed by atoms with E-state index in [0.29, 0.717) is 0 Å². The van der Waals surface area contributed by atoms with E-state index in [0.717, 1.165) is 19.4 Å². The van der Waals surface area contributed by atoms with Gasteiger partial charge < -0.3 is 14.8 Å². The van der Waals surface area contributed by atoms with Crippen molar-refractivity contribution < 1.29 is 19.1 Å². The van der Waals surface area contributed by atoms with Gasteiger partial charge in [-0.25, -0.2) is 9.78 Å². The van der Waals surface area contributed by atoms with Crippen LogP contribution in [0.4, 0.5) is 0 Å². The molecule has 0 saturated carbocycles. The summed E-state index contributed by atoms with van der Waals surface area (Å²) in [5, 5.41) is 2.84. The summed E-state index contributed by atoms with van der Waals surface area (Å²) in [6.45, 7) is 2.64. The third kappa shape index (κ3) is 3.33. The Balaban J connectivity index is 2.03. The Morgan fingerprint density at radius 3 is 2.85 bits per heavy atom. The topological polar surface area (TPSA) is 77.5 Å². The van der Waals surface area contributed by atoms with Crippen molar-refractivity contribution in [1.82, 2.24) is 10.3 Å². The summed E-state index contributed by atoms with van der Waals surface area (Å²) in [7, 11) is 1.27. The first kappa shape index (κ1) is 14.5. The van der Waals surface area contributed by atoms with Crippen LogP contribution in [-0.2, 0) is 9.47 Å². The van der Waals surface area contributed by atoms with Gasteiger partial charge in [-0.1, -0.05) is 6.07 Å². The zero-order valence-corrected chi connectivity index (χ0v) is 11.6. The highest BCUT2D eigenvalue weighted by Crippen LogP contribution is 2.15. The molecule has 0 spiro atoms. The van der Waals surface area contributed by atoms with Crippen molar-refractivity contribution in [2.75, 3.05) is 13.7 Å². The fourth-order valence-corrected chi connectivity index (χ4v) is 2.15. The number of carbonyl (C=O) groups is 2. The average Bonchev–Trinajstić information content (AvgIpc) is 3.00. The number of carbonyl (C=O) groups excluding carboxylic acids is 2. The first-order valence-electron chi connectivity index (χ1n) is 6.59. The van der Waals surface area contributed by atoms with Crippen molar-refractivity contribution in [1.29, 1.82) is 0 Å². The zero-order chi connectivity index (χ0) is 14.5. The van der Waals surface area contributed by atoms with E-state index in [1.807, 2.05) is 6.92 Å². The smallest absolute Gasteiger partial charge is 0.356 e. The Hall–Kier alpha value is -1.95. The first-order valence-corrected chi connectivity index (χ1v) is 6.59. The minimum absolute atomic E-state index is 0.0442. The number of hydrogen-bond donors (Lipinski definition) is 1. The van der Waals surface area contributed by atoms with Gasteiger partial charge in [0, 0.05) is 6.61 Å². The lowest BCUT2D eigenvalue weighted by molar-refractivity contribution is 0.0593. The summed E-state index contributed by atoms with van der Waals surface area (Å²) in [5.74, 6) is -0.884. The summed E-state index contributed by atoms with van der Waals surface area (Å²) in [6, 6.07) is 4.58. The SMILES string of the molecule is COC(=O)c1cccc(C(=O)N[C@@H](C)[C@H]2CCCO2)n1. The Morgan fingerprint density at radius 2 is 2.20 bits per heavy atom. The van der Waals surface area contributed by atoms with Crippen LogP contribution in [0.1, 0.15) is 40.7 Å². The second-order valence-electron chi connectivity index (χ2n) is 4.71. The maximum absolute atomic E-state index is 12.1. The van der Waals surface area contributed by atoms with E-state index in [2.05, 4.69) is 15.0 Å². The summed E-state index contributed by atoms with van der Waals surface area (Å²) in [6.07, 6.45) is 2.00. The van der Waals surface area contributed by atoms with E-state index in [-0.39, 0.29) is 29.4 Å². The highest BCUT2D eigenvalue weighted by Gasteiger charge is 2.24. The van der Waals surface area contributed by atoms with Gasteiger partial charge in [0.05, 0.1) is 19.3 Å². The first-order chi connectivity index (χ1) is 9.61. The summed E-state index contributed by atoms with van der Waals surface area (Å²) < 4.78 is 10.1. The van der Waals surface area contributed by atoms with Gasteiger partial charge in [-0.3, -0.25) is 4.79 Å². The van der Waals surface area contributed by atoms with Crippen molar-refractivity contribution >= 4 is 11.9 Å². The Bertz CT molecular complexity index is 498. The molecule has 2 rings (SSSR count). The van der Waals surface area contributed by atoms with E-state index < -0.39 is 5.97 Å². The summed E-state index contributed by atoms with van der Waals surface area (Å²) in [4.78, 5) is 27.5. The lowest BCUT2D eigenvalue weighted by atomic mass is 10.1. The molecular formula is C14H18N2O4. The molecule has 6 heteroatoms. The second kappa shape index (κ2) is 6.47. The number of pyridine rings is 1. The number of aromatic nitrogens is 1. The van der Waals surface area contributed by atoms with Gasteiger partial charge >= 0.3 is 5.97 Å². The number of rotatable bonds is 4. The van der Waals surface area contributed by atoms with Crippen molar-refractivity contribution in [2.45, 2.75) is 31.9 Å². The second-order valence-corrected chi connectivity index (χ2v) is 4.71. The number of nitrogens with zero attached hydrogens (tertiary/aromatic N) is 1. The Kier molecular flexibility index (Phi) is 4.68. The van der Waals surface area contributed by atoms with E-state index in [1.54, 1.807) is 12.1 Å². The quantitative estimate of drug-likeness (QED) is 0.836. The van der Waals surface area contributed by atoms with E-state index in [4.69, 9.17) is 4.74 Å². The number of methoxy groups -OCH3 is 1. The van der Waals surface area contributed by atoms with Crippen molar-refractivity contribution in [3.05, 3.63) is 29.6 Å². The van der Waals surface area contributed by atoms with Crippen LogP contribution < -0.4 is 5.32 Å². The monoisotopic (exact) mass is 278 g/mol. The minimum atomic E-state index is -0.563. The molecule has 1 amide bonds. The molecule has 1 N–H and O–H groups in total. The van der Waals surface area contributed by atoms with E-state index >= 15 is 0 Å². The van der Waals surface area contributed by atoms with Gasteiger partial charge in [-0.2, -0.15) is 0 Å². The number of amides is 1. The molecule has 0 radical (unpaired) electrons. The standard InChI is InChI=1S/C14H18N2O4/c1-9(12-7-4-8-20-12)15-13(17)10-5-3-6-11(16-10)14(18)19-2/h3,5-6,9,12H,4,7-8H2,1-2H3,(H,15,17)/t9-,12+/m0/s1. The number of nitrogens with one attached hydrogen (secondary N) is 1. The highest BCUT2D eigenvalue weighted by atomic mass is 16.5. The predicted molar refractivity (Wildman–Crippen MR) is 71.5 cm³/mol. The summed E-state index contributed by atoms with van der Waals surface area (Å²) in [5.41, 5.74) is 0.308. The van der Waals surface area contributed by atoms with Gasteiger partial charge in [-0.15, -0.1) is 0 Å². The predicted octanol–water partition coefficient (Wildman–Crippen LogP) is 1.17. The van der Waals surface area contributed by atoms with E-state index in [1.165, 1.54) is 13.2 Å². The zero-order valence-electron chi connectivity index (χ0n) is 11.6. The fraction of sp³-hybridized carbons (Fsp3) is 0.500. The lowest BCUT2D eigenvalue weighted by Gasteiger charge is -2.19. The molecule has 1 fully saturated rings. The molecule has 1 saturated heterocycles. The van der Waals surface area contributed by atoms with E-state index in [9.17, 15) is 9.59 Å². The van der Waals surface area contributed by atoms with Crippen molar-refractivity contribution in [3.8, 4) is 0 Å². The molecule has 0 aromatic carbocycles. The maximum atomic E-state index is 12.1. The molecule has 20 heavy (non-hydrogen) atoms. The van der Waals surface area contributed by atoms with Gasteiger partial charge in [0.25, 0.3) is 5.91 Å². The molecule has 1 aromatic rings. The van der Waals surface area contributed by atoms with Crippen LogP contribution in [0.25, 0.3) is 0 Å². The average molecular weight is 278 g/mol. The molecule has 108 valence electrons. The largest absolute Gasteiger partial charge is 0.464 e. The van der Waals surface area contributed by atoms with Crippen LogP contribution in [0.2, 0.25) is 0 Å². The van der Waals surface area contributed by atoms with Gasteiger partial charge in [-0.05, 0) is 31.9 Å². The van der Waals surface area contributed by atoms with Crippen LogP contribution in [0, 0.1) is 0 Å². The Morgan fingerprint density at radius 1 is 1.45 bits per heavy atom. The molecule has 1 aliphatic rings. The van der Waals surface area contributed by atoms with Crippen LogP contribution in [-0.4, -0.2) is 42.7 Å². The lowest BCUT2D eigenvalue weighted by Crippen LogP contribution is -2.41. The number of hydrogen-bond acceptors (Lipinski definition) is 5.